The quantitative estimate of drug-likeness (QED) is 0.820. The number of benzene rings is 1. The predicted molar refractivity (Wildman–Crippen MR) is 101 cm³/mol. The van der Waals surface area contributed by atoms with Crippen LogP contribution in [0.2, 0.25) is 0 Å². The molecule has 4 aliphatic rings. The lowest BCUT2D eigenvalue weighted by Crippen LogP contribution is -2.60. The Labute approximate surface area is 144 Å². The van der Waals surface area contributed by atoms with Gasteiger partial charge in [-0.2, -0.15) is 0 Å². The molecule has 4 aliphatic carbocycles. The summed E-state index contributed by atoms with van der Waals surface area (Å²) in [5.74, 6) is 2.82. The second kappa shape index (κ2) is 5.66. The van der Waals surface area contributed by atoms with Crippen molar-refractivity contribution in [1.29, 1.82) is 0 Å². The lowest BCUT2D eigenvalue weighted by atomic mass is 9.53. The Bertz CT molecular complexity index is 558. The smallest absolute Gasteiger partial charge is 0.171 e. The first-order valence-corrected chi connectivity index (χ1v) is 9.29. The van der Waals surface area contributed by atoms with E-state index in [0.717, 1.165) is 28.6 Å². The maximum absolute atomic E-state index is 5.62. The first kappa shape index (κ1) is 15.3. The Morgan fingerprint density at radius 3 is 2.00 bits per heavy atom. The molecule has 4 saturated carbocycles. The summed E-state index contributed by atoms with van der Waals surface area (Å²) >= 11 is 5.62. The minimum Gasteiger partial charge on any atom is -0.378 e. The van der Waals surface area contributed by atoms with E-state index < -0.39 is 0 Å². The highest BCUT2D eigenvalue weighted by Gasteiger charge is 2.51. The zero-order valence-electron chi connectivity index (χ0n) is 14.1. The van der Waals surface area contributed by atoms with Crippen molar-refractivity contribution in [3.63, 3.8) is 0 Å². The molecule has 4 fully saturated rings. The number of nitrogens with zero attached hydrogens (tertiary/aromatic N) is 1. The van der Waals surface area contributed by atoms with Crippen molar-refractivity contribution in [2.24, 2.45) is 17.8 Å². The zero-order valence-corrected chi connectivity index (χ0v) is 15.0. The van der Waals surface area contributed by atoms with Gasteiger partial charge in [0.15, 0.2) is 5.11 Å². The predicted octanol–water partition coefficient (Wildman–Crippen LogP) is 4.01. The molecule has 0 aliphatic heterocycles. The van der Waals surface area contributed by atoms with E-state index in [4.69, 9.17) is 12.2 Å². The molecular weight excluding hydrogens is 302 g/mol. The molecule has 23 heavy (non-hydrogen) atoms. The number of hydrogen-bond donors (Lipinski definition) is 2. The molecule has 5 rings (SSSR count). The zero-order chi connectivity index (χ0) is 16.0. The molecule has 2 N–H and O–H groups in total. The average Bonchev–Trinajstić information content (AvgIpc) is 2.45. The Morgan fingerprint density at radius 1 is 1.00 bits per heavy atom. The van der Waals surface area contributed by atoms with Crippen LogP contribution >= 0.6 is 12.2 Å². The van der Waals surface area contributed by atoms with E-state index >= 15 is 0 Å². The fourth-order valence-corrected chi connectivity index (χ4v) is 5.84. The number of hydrogen-bond acceptors (Lipinski definition) is 2. The van der Waals surface area contributed by atoms with Crippen LogP contribution in [0, 0.1) is 17.8 Å². The highest BCUT2D eigenvalue weighted by atomic mass is 32.1. The van der Waals surface area contributed by atoms with Gasteiger partial charge in [-0.3, -0.25) is 0 Å². The molecule has 1 aromatic carbocycles. The van der Waals surface area contributed by atoms with Crippen molar-refractivity contribution in [3.05, 3.63) is 24.3 Å². The Morgan fingerprint density at radius 2 is 1.52 bits per heavy atom. The van der Waals surface area contributed by atoms with Crippen LogP contribution < -0.4 is 15.5 Å². The Kier molecular flexibility index (Phi) is 3.75. The third-order valence-corrected chi connectivity index (χ3v) is 6.26. The third-order valence-electron chi connectivity index (χ3n) is 6.06. The second-order valence-electron chi connectivity index (χ2n) is 8.22. The number of nitrogens with one attached hydrogen (secondary N) is 2. The largest absolute Gasteiger partial charge is 0.378 e. The standard InChI is InChI=1S/C19H27N3S/c1-22(2)17-5-3-16(4-6-17)20-18(23)21-19-10-13-7-14(11-19)9-15(8-13)12-19/h3-6,13-15H,7-12H2,1-2H3,(H2,20,21,23). The van der Waals surface area contributed by atoms with Gasteiger partial charge in [-0.1, -0.05) is 0 Å². The van der Waals surface area contributed by atoms with Crippen LogP contribution in [0.25, 0.3) is 0 Å². The van der Waals surface area contributed by atoms with Crippen LogP contribution in [0.3, 0.4) is 0 Å². The monoisotopic (exact) mass is 329 g/mol. The maximum Gasteiger partial charge on any atom is 0.171 e. The molecule has 0 unspecified atom stereocenters. The fourth-order valence-electron chi connectivity index (χ4n) is 5.51. The van der Waals surface area contributed by atoms with Crippen molar-refractivity contribution in [3.8, 4) is 0 Å². The van der Waals surface area contributed by atoms with E-state index in [-0.39, 0.29) is 5.54 Å². The maximum atomic E-state index is 5.62. The topological polar surface area (TPSA) is 27.3 Å². The number of rotatable bonds is 3. The average molecular weight is 330 g/mol. The van der Waals surface area contributed by atoms with Gasteiger partial charge in [0.2, 0.25) is 0 Å². The number of thiocarbonyl (C=S) groups is 1. The molecule has 1 aromatic rings. The van der Waals surface area contributed by atoms with E-state index in [1.165, 1.54) is 44.2 Å². The van der Waals surface area contributed by atoms with Crippen LogP contribution in [-0.4, -0.2) is 24.7 Å². The summed E-state index contributed by atoms with van der Waals surface area (Å²) in [6, 6.07) is 8.44. The van der Waals surface area contributed by atoms with Crippen LogP contribution in [0.1, 0.15) is 38.5 Å². The Balaban J connectivity index is 1.40. The van der Waals surface area contributed by atoms with Crippen molar-refractivity contribution in [2.75, 3.05) is 24.3 Å². The second-order valence-corrected chi connectivity index (χ2v) is 8.63. The van der Waals surface area contributed by atoms with Gasteiger partial charge in [0.25, 0.3) is 0 Å². The fraction of sp³-hybridized carbons (Fsp3) is 0.632. The van der Waals surface area contributed by atoms with Gasteiger partial charge in [-0.25, -0.2) is 0 Å². The molecule has 0 spiro atoms. The summed E-state index contributed by atoms with van der Waals surface area (Å²) in [6.07, 6.45) is 8.36. The first-order chi connectivity index (χ1) is 11.0. The van der Waals surface area contributed by atoms with Gasteiger partial charge in [0.05, 0.1) is 0 Å². The molecule has 124 valence electrons. The van der Waals surface area contributed by atoms with E-state index in [1.807, 2.05) is 0 Å². The molecule has 0 heterocycles. The molecule has 0 amide bonds. The van der Waals surface area contributed by atoms with Gasteiger partial charge >= 0.3 is 0 Å². The normalized spacial score (nSPS) is 34.3. The summed E-state index contributed by atoms with van der Waals surface area (Å²) in [7, 11) is 4.11. The summed E-state index contributed by atoms with van der Waals surface area (Å²) < 4.78 is 0. The van der Waals surface area contributed by atoms with E-state index in [2.05, 4.69) is 53.9 Å². The van der Waals surface area contributed by atoms with Gasteiger partial charge < -0.3 is 15.5 Å². The van der Waals surface area contributed by atoms with E-state index in [1.54, 1.807) is 0 Å². The molecule has 4 heteroatoms. The molecule has 0 saturated heterocycles. The van der Waals surface area contributed by atoms with Crippen LogP contribution in [0.15, 0.2) is 24.3 Å². The Hall–Kier alpha value is -1.29. The van der Waals surface area contributed by atoms with Crippen LogP contribution in [0.5, 0.6) is 0 Å². The molecular formula is C19H27N3S. The number of anilines is 2. The van der Waals surface area contributed by atoms with Crippen LogP contribution in [0.4, 0.5) is 11.4 Å². The summed E-state index contributed by atoms with van der Waals surface area (Å²) in [5, 5.41) is 7.90. The summed E-state index contributed by atoms with van der Waals surface area (Å²) in [4.78, 5) is 2.11. The SMILES string of the molecule is CN(C)c1ccc(NC(=S)NC23CC4CC(CC(C4)C2)C3)cc1. The first-order valence-electron chi connectivity index (χ1n) is 8.88. The summed E-state index contributed by atoms with van der Waals surface area (Å²) in [5.41, 5.74) is 2.55. The lowest BCUT2D eigenvalue weighted by molar-refractivity contribution is -0.00972. The van der Waals surface area contributed by atoms with E-state index in [0.29, 0.717) is 0 Å². The van der Waals surface area contributed by atoms with Crippen molar-refractivity contribution in [2.45, 2.75) is 44.1 Å². The molecule has 0 aromatic heterocycles. The lowest BCUT2D eigenvalue weighted by Gasteiger charge is -2.57. The van der Waals surface area contributed by atoms with Gasteiger partial charge in [0.1, 0.15) is 0 Å². The molecule has 3 nitrogen and oxygen atoms in total. The third kappa shape index (κ3) is 3.06. The molecule has 0 atom stereocenters. The van der Waals surface area contributed by atoms with Gasteiger partial charge in [-0.15, -0.1) is 0 Å². The highest BCUT2D eigenvalue weighted by molar-refractivity contribution is 7.80. The van der Waals surface area contributed by atoms with E-state index in [9.17, 15) is 0 Å². The molecule has 4 bridgehead atoms. The van der Waals surface area contributed by atoms with Gasteiger partial charge in [-0.05, 0) is 92.8 Å². The summed E-state index contributed by atoms with van der Waals surface area (Å²) in [6.45, 7) is 0. The minimum absolute atomic E-state index is 0.280. The van der Waals surface area contributed by atoms with Crippen LogP contribution in [-0.2, 0) is 0 Å². The highest BCUT2D eigenvalue weighted by Crippen LogP contribution is 2.55. The van der Waals surface area contributed by atoms with Crippen molar-refractivity contribution >= 4 is 28.7 Å². The van der Waals surface area contributed by atoms with Gasteiger partial charge in [0, 0.05) is 31.0 Å². The minimum atomic E-state index is 0.280. The van der Waals surface area contributed by atoms with Crippen molar-refractivity contribution < 1.29 is 0 Å². The molecule has 0 radical (unpaired) electrons. The van der Waals surface area contributed by atoms with Crippen molar-refractivity contribution in [1.82, 2.24) is 5.32 Å².